The summed E-state index contributed by atoms with van der Waals surface area (Å²) in [4.78, 5) is 0. The molecule has 0 spiro atoms. The molecule has 0 radical (unpaired) electrons. The van der Waals surface area contributed by atoms with Crippen LogP contribution in [0.5, 0.6) is 5.75 Å². The maximum atomic E-state index is 12.1. The van der Waals surface area contributed by atoms with Gasteiger partial charge in [0.05, 0.1) is 0 Å². The first-order valence-corrected chi connectivity index (χ1v) is 6.14. The molecular weight excluding hydrogens is 391 g/mol. The third-order valence-corrected chi connectivity index (χ3v) is 2.75. The van der Waals surface area contributed by atoms with Crippen molar-refractivity contribution in [1.82, 2.24) is 0 Å². The van der Waals surface area contributed by atoms with Crippen molar-refractivity contribution >= 4 is 28.3 Å². The van der Waals surface area contributed by atoms with Gasteiger partial charge in [-0.3, -0.25) is 0 Å². The number of hydrogen-bond donors (Lipinski definition) is 1. The fraction of sp³-hybridized carbons (Fsp3) is 0.455. The maximum absolute atomic E-state index is 12.1. The van der Waals surface area contributed by atoms with Gasteiger partial charge in [0.25, 0.3) is 0 Å². The molecule has 1 aromatic carbocycles. The lowest BCUT2D eigenvalue weighted by Gasteiger charge is -2.16. The zero-order valence-corrected chi connectivity index (χ0v) is 12.7. The van der Waals surface area contributed by atoms with E-state index >= 15 is 0 Å². The average molecular weight is 403 g/mol. The Morgan fingerprint density at radius 1 is 1.10 bits per heavy atom. The van der Waals surface area contributed by atoms with E-state index in [0.29, 0.717) is 0 Å². The van der Waals surface area contributed by atoms with Crippen LogP contribution in [-0.2, 0) is 0 Å². The van der Waals surface area contributed by atoms with Gasteiger partial charge in [-0.05, 0) is 30.2 Å². The van der Waals surface area contributed by atoms with E-state index in [1.807, 2.05) is 0 Å². The number of hydrogen-bond acceptors (Lipinski definition) is 2. The van der Waals surface area contributed by atoms with E-state index in [1.54, 1.807) is 0 Å². The van der Waals surface area contributed by atoms with Gasteiger partial charge in [-0.15, -0.1) is 25.6 Å². The van der Waals surface area contributed by atoms with Gasteiger partial charge in [0.1, 0.15) is 5.75 Å². The third kappa shape index (κ3) is 8.37. The second-order valence-electron chi connectivity index (χ2n) is 4.03. The van der Waals surface area contributed by atoms with Crippen molar-refractivity contribution in [2.75, 3.05) is 0 Å². The predicted octanol–water partition coefficient (Wildman–Crippen LogP) is 5.11. The van der Waals surface area contributed by atoms with Crippen LogP contribution in [0.25, 0.3) is 0 Å². The SMILES string of the molecule is Cl.N[C@@H](CCC(F)(F)F)c1cc(Br)cc(OC(F)(F)F)c1. The number of rotatable bonds is 4. The third-order valence-electron chi connectivity index (χ3n) is 2.29. The minimum Gasteiger partial charge on any atom is -0.406 e. The number of ether oxygens (including phenoxy) is 1. The van der Waals surface area contributed by atoms with Crippen LogP contribution < -0.4 is 10.5 Å². The Kier molecular flexibility index (Phi) is 7.31. The van der Waals surface area contributed by atoms with Crippen molar-refractivity contribution in [2.24, 2.45) is 5.73 Å². The van der Waals surface area contributed by atoms with Gasteiger partial charge >= 0.3 is 12.5 Å². The first-order chi connectivity index (χ1) is 8.96. The first-order valence-electron chi connectivity index (χ1n) is 5.35. The van der Waals surface area contributed by atoms with Crippen LogP contribution in [0.3, 0.4) is 0 Å². The smallest absolute Gasteiger partial charge is 0.406 e. The number of alkyl halides is 6. The lowest BCUT2D eigenvalue weighted by atomic mass is 10.0. The Bertz CT molecular complexity index is 465. The standard InChI is InChI=1S/C11H10BrF6NO.ClH/c12-7-3-6(9(19)1-2-10(13,14)15)4-8(5-7)20-11(16,17)18;/h3-5,9H,1-2,19H2;1H/t9-;/m0./s1. The van der Waals surface area contributed by atoms with Gasteiger partial charge in [0, 0.05) is 16.9 Å². The Hall–Kier alpha value is -0.670. The molecule has 0 heterocycles. The molecule has 0 aliphatic heterocycles. The molecule has 0 bridgehead atoms. The van der Waals surface area contributed by atoms with Crippen LogP contribution >= 0.6 is 28.3 Å². The summed E-state index contributed by atoms with van der Waals surface area (Å²) in [6.07, 6.45) is -10.8. The van der Waals surface area contributed by atoms with Crippen LogP contribution in [0, 0.1) is 0 Å². The summed E-state index contributed by atoms with van der Waals surface area (Å²) < 4.78 is 76.4. The fourth-order valence-corrected chi connectivity index (χ4v) is 1.97. The van der Waals surface area contributed by atoms with Gasteiger partial charge in [0.2, 0.25) is 0 Å². The molecule has 0 saturated heterocycles. The molecule has 2 nitrogen and oxygen atoms in total. The lowest BCUT2D eigenvalue weighted by Crippen LogP contribution is -2.18. The van der Waals surface area contributed by atoms with E-state index < -0.39 is 37.2 Å². The van der Waals surface area contributed by atoms with Crippen LogP contribution in [0.15, 0.2) is 22.7 Å². The molecule has 0 amide bonds. The summed E-state index contributed by atoms with van der Waals surface area (Å²) in [6, 6.07) is 2.33. The van der Waals surface area contributed by atoms with Gasteiger partial charge in [-0.2, -0.15) is 13.2 Å². The zero-order chi connectivity index (χ0) is 15.6. The predicted molar refractivity (Wildman–Crippen MR) is 70.3 cm³/mol. The summed E-state index contributed by atoms with van der Waals surface area (Å²) in [5.41, 5.74) is 5.67. The molecule has 0 aliphatic rings. The second-order valence-corrected chi connectivity index (χ2v) is 4.94. The molecule has 0 fully saturated rings. The largest absolute Gasteiger partial charge is 0.573 e. The van der Waals surface area contributed by atoms with Crippen LogP contribution in [0.4, 0.5) is 26.3 Å². The van der Waals surface area contributed by atoms with Gasteiger partial charge < -0.3 is 10.5 Å². The topological polar surface area (TPSA) is 35.2 Å². The normalized spacial score (nSPS) is 13.5. The summed E-state index contributed by atoms with van der Waals surface area (Å²) in [7, 11) is 0. The Morgan fingerprint density at radius 3 is 2.14 bits per heavy atom. The molecule has 0 aliphatic carbocycles. The molecule has 10 heteroatoms. The van der Waals surface area contributed by atoms with Crippen molar-refractivity contribution < 1.29 is 31.1 Å². The number of nitrogens with two attached hydrogens (primary N) is 1. The molecule has 1 aromatic rings. The fourth-order valence-electron chi connectivity index (χ4n) is 1.48. The summed E-state index contributed by atoms with van der Waals surface area (Å²) in [5, 5.41) is 0. The highest BCUT2D eigenvalue weighted by molar-refractivity contribution is 9.10. The van der Waals surface area contributed by atoms with Crippen molar-refractivity contribution in [2.45, 2.75) is 31.4 Å². The summed E-state index contributed by atoms with van der Waals surface area (Å²) in [6.45, 7) is 0. The highest BCUT2D eigenvalue weighted by Crippen LogP contribution is 2.32. The van der Waals surface area contributed by atoms with Crippen molar-refractivity contribution in [3.63, 3.8) is 0 Å². The molecule has 21 heavy (non-hydrogen) atoms. The molecule has 0 aromatic heterocycles. The highest BCUT2D eigenvalue weighted by Gasteiger charge is 2.32. The van der Waals surface area contributed by atoms with E-state index in [-0.39, 0.29) is 22.4 Å². The highest BCUT2D eigenvalue weighted by atomic mass is 79.9. The molecule has 2 N–H and O–H groups in total. The number of halogens is 8. The minimum atomic E-state index is -4.88. The van der Waals surface area contributed by atoms with Crippen LogP contribution in [0.1, 0.15) is 24.4 Å². The maximum Gasteiger partial charge on any atom is 0.573 e. The lowest BCUT2D eigenvalue weighted by molar-refractivity contribution is -0.274. The van der Waals surface area contributed by atoms with Gasteiger partial charge in [-0.25, -0.2) is 0 Å². The van der Waals surface area contributed by atoms with E-state index in [2.05, 4.69) is 20.7 Å². The minimum absolute atomic E-state index is 0. The zero-order valence-electron chi connectivity index (χ0n) is 10.3. The van der Waals surface area contributed by atoms with Crippen LogP contribution in [0.2, 0.25) is 0 Å². The van der Waals surface area contributed by atoms with E-state index in [9.17, 15) is 26.3 Å². The molecule has 0 saturated carbocycles. The Morgan fingerprint density at radius 2 is 1.67 bits per heavy atom. The first kappa shape index (κ1) is 20.3. The van der Waals surface area contributed by atoms with Crippen LogP contribution in [-0.4, -0.2) is 12.5 Å². The molecule has 122 valence electrons. The second kappa shape index (κ2) is 7.55. The average Bonchev–Trinajstić information content (AvgIpc) is 2.21. The Balaban J connectivity index is 0.00000400. The van der Waals surface area contributed by atoms with Gasteiger partial charge in [-0.1, -0.05) is 15.9 Å². The van der Waals surface area contributed by atoms with Crippen molar-refractivity contribution in [3.8, 4) is 5.75 Å². The van der Waals surface area contributed by atoms with E-state index in [4.69, 9.17) is 5.73 Å². The van der Waals surface area contributed by atoms with Crippen molar-refractivity contribution in [1.29, 1.82) is 0 Å². The van der Waals surface area contributed by atoms with Crippen molar-refractivity contribution in [3.05, 3.63) is 28.2 Å². The quantitative estimate of drug-likeness (QED) is 0.710. The molecule has 0 unspecified atom stereocenters. The number of benzene rings is 1. The Labute approximate surface area is 131 Å². The summed E-state index contributed by atoms with van der Waals surface area (Å²) in [5.74, 6) is -0.538. The van der Waals surface area contributed by atoms with E-state index in [1.165, 1.54) is 6.07 Å². The van der Waals surface area contributed by atoms with E-state index in [0.717, 1.165) is 12.1 Å². The molecular formula is C11H11BrClF6NO. The summed E-state index contributed by atoms with van der Waals surface area (Å²) >= 11 is 2.95. The molecule has 1 rings (SSSR count). The van der Waals surface area contributed by atoms with Gasteiger partial charge in [0.15, 0.2) is 0 Å². The monoisotopic (exact) mass is 401 g/mol. The molecule has 1 atom stereocenters.